The smallest absolute Gasteiger partial charge is 0.341 e. The summed E-state index contributed by atoms with van der Waals surface area (Å²) in [5.74, 6) is -3.05. The molecule has 0 heterocycles. The number of hydrogen-bond donors (Lipinski definition) is 1. The van der Waals surface area contributed by atoms with Crippen LogP contribution in [0.15, 0.2) is 36.4 Å². The summed E-state index contributed by atoms with van der Waals surface area (Å²) in [6.45, 7) is 6.60. The summed E-state index contributed by atoms with van der Waals surface area (Å²) in [5, 5.41) is 10.4. The summed E-state index contributed by atoms with van der Waals surface area (Å²) in [6.07, 6.45) is -0.686. The minimum absolute atomic E-state index is 0.126. The van der Waals surface area contributed by atoms with Gasteiger partial charge >= 0.3 is 11.9 Å². The van der Waals surface area contributed by atoms with E-state index in [0.717, 1.165) is 24.3 Å². The summed E-state index contributed by atoms with van der Waals surface area (Å²) in [4.78, 5) is 32.4. The quantitative estimate of drug-likeness (QED) is 0.329. The highest BCUT2D eigenvalue weighted by Gasteiger charge is 2.19. The second-order valence-corrected chi connectivity index (χ2v) is 6.57. The minimum atomic E-state index is -0.906. The fraction of sp³-hybridized carbons (Fsp3) is 0.300. The number of nitro benzene ring substituents is 1. The molecular weight excluding hydrogens is 402 g/mol. The maximum atomic E-state index is 13.2. The van der Waals surface area contributed by atoms with Crippen molar-refractivity contribution in [2.75, 3.05) is 5.73 Å². The minimum Gasteiger partial charge on any atom is -0.459 e. The van der Waals surface area contributed by atoms with Crippen LogP contribution in [0.25, 0.3) is 0 Å². The molecule has 0 unspecified atom stereocenters. The van der Waals surface area contributed by atoms with Crippen LogP contribution in [0.2, 0.25) is 0 Å². The van der Waals surface area contributed by atoms with Crippen LogP contribution in [-0.4, -0.2) is 29.1 Å². The summed E-state index contributed by atoms with van der Waals surface area (Å²) >= 11 is 0. The molecule has 0 amide bonds. The zero-order valence-electron chi connectivity index (χ0n) is 16.8. The fourth-order valence-electron chi connectivity index (χ4n) is 2.04. The molecule has 0 radical (unpaired) electrons. The molecule has 10 heteroatoms. The van der Waals surface area contributed by atoms with Crippen molar-refractivity contribution < 1.29 is 32.8 Å². The Bertz CT molecular complexity index is 932. The normalized spacial score (nSPS) is 10.3. The van der Waals surface area contributed by atoms with E-state index in [-0.39, 0.29) is 17.4 Å². The first kappa shape index (κ1) is 24.5. The van der Waals surface area contributed by atoms with Gasteiger partial charge in [0.25, 0.3) is 5.69 Å². The number of ether oxygens (including phenoxy) is 2. The van der Waals surface area contributed by atoms with E-state index in [2.05, 4.69) is 0 Å². The van der Waals surface area contributed by atoms with E-state index < -0.39 is 40.2 Å². The van der Waals surface area contributed by atoms with Gasteiger partial charge in [0.1, 0.15) is 17.2 Å². The Labute approximate surface area is 171 Å². The first-order valence-electron chi connectivity index (χ1n) is 8.83. The molecule has 162 valence electrons. The molecule has 0 saturated heterocycles. The third kappa shape index (κ3) is 7.46. The molecular formula is C20H22F2N2O6. The van der Waals surface area contributed by atoms with Crippen molar-refractivity contribution >= 4 is 23.3 Å². The van der Waals surface area contributed by atoms with Crippen LogP contribution < -0.4 is 5.73 Å². The van der Waals surface area contributed by atoms with Crippen LogP contribution >= 0.6 is 0 Å². The lowest BCUT2D eigenvalue weighted by molar-refractivity contribution is -0.384. The Morgan fingerprint density at radius 1 is 0.900 bits per heavy atom. The fourth-order valence-corrected chi connectivity index (χ4v) is 2.04. The van der Waals surface area contributed by atoms with Crippen LogP contribution in [-0.2, 0) is 9.47 Å². The lowest BCUT2D eigenvalue weighted by Gasteiger charge is -2.08. The van der Waals surface area contributed by atoms with E-state index in [4.69, 9.17) is 15.2 Å². The van der Waals surface area contributed by atoms with Gasteiger partial charge in [0, 0.05) is 17.8 Å². The number of nitrogen functional groups attached to an aromatic ring is 1. The topological polar surface area (TPSA) is 122 Å². The average Bonchev–Trinajstić information content (AvgIpc) is 2.63. The first-order chi connectivity index (χ1) is 13.9. The lowest BCUT2D eigenvalue weighted by Crippen LogP contribution is -2.13. The highest BCUT2D eigenvalue weighted by atomic mass is 19.1. The molecule has 2 aromatic carbocycles. The van der Waals surface area contributed by atoms with Crippen molar-refractivity contribution in [2.45, 2.75) is 39.9 Å². The highest BCUT2D eigenvalue weighted by Crippen LogP contribution is 2.18. The van der Waals surface area contributed by atoms with Gasteiger partial charge in [-0.15, -0.1) is 0 Å². The van der Waals surface area contributed by atoms with Gasteiger partial charge < -0.3 is 15.2 Å². The number of carbonyl (C=O) groups excluding carboxylic acids is 2. The second kappa shape index (κ2) is 10.8. The molecule has 0 saturated carbocycles. The number of halogens is 2. The molecule has 0 bridgehead atoms. The Morgan fingerprint density at radius 3 is 1.77 bits per heavy atom. The molecule has 0 fully saturated rings. The van der Waals surface area contributed by atoms with Gasteiger partial charge in [0.15, 0.2) is 0 Å². The van der Waals surface area contributed by atoms with E-state index in [1.54, 1.807) is 27.7 Å². The number of anilines is 1. The Hall–Kier alpha value is -3.56. The standard InChI is InChI=1S/C10H10FNO4.C10H12FNO2/c1-6(2)16-10(13)8-5-7(12(14)15)3-4-9(8)11;1-6(2)14-10(13)8-5-7(12)3-4-9(8)11/h3-6H,1-2H3;3-6H,12H2,1-2H3. The van der Waals surface area contributed by atoms with Gasteiger partial charge in [-0.3, -0.25) is 10.1 Å². The van der Waals surface area contributed by atoms with Crippen molar-refractivity contribution in [1.82, 2.24) is 0 Å². The van der Waals surface area contributed by atoms with Gasteiger partial charge in [-0.25, -0.2) is 18.4 Å². The number of nitrogens with zero attached hydrogens (tertiary/aromatic N) is 1. The van der Waals surface area contributed by atoms with E-state index in [1.165, 1.54) is 12.1 Å². The lowest BCUT2D eigenvalue weighted by atomic mass is 10.2. The van der Waals surface area contributed by atoms with Gasteiger partial charge in [-0.05, 0) is 52.0 Å². The van der Waals surface area contributed by atoms with Crippen LogP contribution in [0.4, 0.5) is 20.2 Å². The van der Waals surface area contributed by atoms with Crippen molar-refractivity contribution in [2.24, 2.45) is 0 Å². The van der Waals surface area contributed by atoms with Gasteiger partial charge in [-0.1, -0.05) is 0 Å². The van der Waals surface area contributed by atoms with Crippen molar-refractivity contribution in [3.8, 4) is 0 Å². The molecule has 0 aromatic heterocycles. The molecule has 2 aromatic rings. The van der Waals surface area contributed by atoms with Crippen molar-refractivity contribution in [3.05, 3.63) is 69.3 Å². The molecule has 0 atom stereocenters. The molecule has 0 aliphatic rings. The van der Waals surface area contributed by atoms with Crippen LogP contribution in [0.5, 0.6) is 0 Å². The number of esters is 2. The largest absolute Gasteiger partial charge is 0.459 e. The monoisotopic (exact) mass is 424 g/mol. The zero-order chi connectivity index (χ0) is 23.0. The summed E-state index contributed by atoms with van der Waals surface area (Å²) in [6, 6.07) is 6.52. The molecule has 2 rings (SSSR count). The van der Waals surface area contributed by atoms with Gasteiger partial charge in [0.2, 0.25) is 0 Å². The SMILES string of the molecule is CC(C)OC(=O)c1cc(N)ccc1F.CC(C)OC(=O)c1cc([N+](=O)[O-])ccc1F. The third-order valence-electron chi connectivity index (χ3n) is 3.28. The third-order valence-corrected chi connectivity index (χ3v) is 3.28. The summed E-state index contributed by atoms with van der Waals surface area (Å²) in [7, 11) is 0. The van der Waals surface area contributed by atoms with Gasteiger partial charge in [0.05, 0.1) is 22.7 Å². The number of carbonyl (C=O) groups is 2. The van der Waals surface area contributed by atoms with Crippen LogP contribution in [0.1, 0.15) is 48.4 Å². The predicted molar refractivity (Wildman–Crippen MR) is 105 cm³/mol. The number of non-ortho nitro benzene ring substituents is 1. The maximum Gasteiger partial charge on any atom is 0.341 e. The molecule has 0 aliphatic carbocycles. The number of hydrogen-bond acceptors (Lipinski definition) is 7. The molecule has 2 N–H and O–H groups in total. The van der Waals surface area contributed by atoms with Gasteiger partial charge in [-0.2, -0.15) is 0 Å². The van der Waals surface area contributed by atoms with Crippen molar-refractivity contribution in [1.29, 1.82) is 0 Å². The van der Waals surface area contributed by atoms with E-state index in [1.807, 2.05) is 0 Å². The summed E-state index contributed by atoms with van der Waals surface area (Å²) < 4.78 is 35.9. The number of benzene rings is 2. The Kier molecular flexibility index (Phi) is 8.85. The molecule has 8 nitrogen and oxygen atoms in total. The van der Waals surface area contributed by atoms with Crippen LogP contribution in [0, 0.1) is 21.7 Å². The average molecular weight is 424 g/mol. The van der Waals surface area contributed by atoms with E-state index in [9.17, 15) is 28.5 Å². The molecule has 30 heavy (non-hydrogen) atoms. The Morgan fingerprint density at radius 2 is 1.33 bits per heavy atom. The zero-order valence-corrected chi connectivity index (χ0v) is 16.8. The Balaban J connectivity index is 0.000000303. The van der Waals surface area contributed by atoms with E-state index in [0.29, 0.717) is 5.69 Å². The second-order valence-electron chi connectivity index (χ2n) is 6.57. The number of nitro groups is 1. The maximum absolute atomic E-state index is 13.2. The van der Waals surface area contributed by atoms with Crippen molar-refractivity contribution in [3.63, 3.8) is 0 Å². The predicted octanol–water partition coefficient (Wildman–Crippen LogP) is 4.27. The highest BCUT2D eigenvalue weighted by molar-refractivity contribution is 5.91. The number of rotatable bonds is 5. The first-order valence-corrected chi connectivity index (χ1v) is 8.83. The molecule has 0 aliphatic heterocycles. The van der Waals surface area contributed by atoms with E-state index >= 15 is 0 Å². The summed E-state index contributed by atoms with van der Waals surface area (Å²) in [5.41, 5.74) is 4.85. The van der Waals surface area contributed by atoms with Crippen LogP contribution in [0.3, 0.4) is 0 Å². The molecule has 0 spiro atoms. The number of nitrogens with two attached hydrogens (primary N) is 1.